The van der Waals surface area contributed by atoms with Crippen molar-refractivity contribution < 1.29 is 0 Å². The zero-order chi connectivity index (χ0) is 11.4. The van der Waals surface area contributed by atoms with Crippen LogP contribution >= 0.6 is 46.3 Å². The molecular formula is C12H14ClIN2S. The smallest absolute Gasteiger partial charge is 0.107 e. The van der Waals surface area contributed by atoms with E-state index in [1.165, 1.54) is 9.13 Å². The molecule has 1 N–H and O–H groups in total. The molecule has 0 aliphatic carbocycles. The summed E-state index contributed by atoms with van der Waals surface area (Å²) in [5, 5.41) is 6.55. The summed E-state index contributed by atoms with van der Waals surface area (Å²) in [6.45, 7) is 3.96. The van der Waals surface area contributed by atoms with Crippen molar-refractivity contribution in [3.63, 3.8) is 0 Å². The Labute approximate surface area is 125 Å². The van der Waals surface area contributed by atoms with Gasteiger partial charge in [-0.25, -0.2) is 4.98 Å². The minimum atomic E-state index is 0. The highest BCUT2D eigenvalue weighted by atomic mass is 127. The third kappa shape index (κ3) is 4.21. The van der Waals surface area contributed by atoms with Crippen molar-refractivity contribution in [2.75, 3.05) is 6.54 Å². The maximum atomic E-state index is 4.60. The molecule has 1 aromatic carbocycles. The van der Waals surface area contributed by atoms with Gasteiger partial charge < -0.3 is 5.32 Å². The van der Waals surface area contributed by atoms with Crippen LogP contribution < -0.4 is 5.32 Å². The molecule has 1 heterocycles. The fourth-order valence-electron chi connectivity index (χ4n) is 1.38. The summed E-state index contributed by atoms with van der Waals surface area (Å²) in [5.74, 6) is 0. The van der Waals surface area contributed by atoms with E-state index in [1.807, 2.05) is 0 Å². The van der Waals surface area contributed by atoms with Gasteiger partial charge in [0.1, 0.15) is 5.01 Å². The molecule has 0 aliphatic heterocycles. The maximum Gasteiger partial charge on any atom is 0.107 e. The lowest BCUT2D eigenvalue weighted by Crippen LogP contribution is -2.11. The molecule has 0 aliphatic rings. The quantitative estimate of drug-likeness (QED) is 0.813. The summed E-state index contributed by atoms with van der Waals surface area (Å²) in [4.78, 5) is 4.60. The number of benzene rings is 1. The van der Waals surface area contributed by atoms with Crippen molar-refractivity contribution in [2.24, 2.45) is 0 Å². The SMILES string of the molecule is CCNCc1nc(-c2ccc(I)cc2)cs1.Cl. The van der Waals surface area contributed by atoms with Crippen molar-refractivity contribution in [2.45, 2.75) is 13.5 Å². The Morgan fingerprint density at radius 3 is 2.65 bits per heavy atom. The maximum absolute atomic E-state index is 4.60. The molecule has 0 saturated heterocycles. The van der Waals surface area contributed by atoms with Gasteiger partial charge in [0.2, 0.25) is 0 Å². The lowest BCUT2D eigenvalue weighted by atomic mass is 10.2. The molecule has 92 valence electrons. The molecule has 0 amide bonds. The van der Waals surface area contributed by atoms with E-state index < -0.39 is 0 Å². The van der Waals surface area contributed by atoms with E-state index in [2.05, 4.69) is 69.5 Å². The Balaban J connectivity index is 0.00000144. The second-order valence-electron chi connectivity index (χ2n) is 3.41. The van der Waals surface area contributed by atoms with E-state index in [0.717, 1.165) is 23.8 Å². The number of rotatable bonds is 4. The van der Waals surface area contributed by atoms with Gasteiger partial charge in [0.15, 0.2) is 0 Å². The highest BCUT2D eigenvalue weighted by Crippen LogP contribution is 2.22. The molecule has 0 atom stereocenters. The molecule has 1 aromatic heterocycles. The number of aromatic nitrogens is 1. The first-order valence-corrected chi connectivity index (χ1v) is 7.16. The Bertz CT molecular complexity index is 456. The van der Waals surface area contributed by atoms with E-state index in [-0.39, 0.29) is 12.4 Å². The number of nitrogens with zero attached hydrogens (tertiary/aromatic N) is 1. The lowest BCUT2D eigenvalue weighted by molar-refractivity contribution is 0.723. The Kier molecular flexibility index (Phi) is 6.40. The fraction of sp³-hybridized carbons (Fsp3) is 0.250. The van der Waals surface area contributed by atoms with Gasteiger partial charge in [-0.1, -0.05) is 19.1 Å². The predicted molar refractivity (Wildman–Crippen MR) is 84.9 cm³/mol. The summed E-state index contributed by atoms with van der Waals surface area (Å²) in [5.41, 5.74) is 2.27. The number of nitrogens with one attached hydrogen (secondary N) is 1. The van der Waals surface area contributed by atoms with Crippen LogP contribution in [0.4, 0.5) is 0 Å². The zero-order valence-electron chi connectivity index (χ0n) is 9.44. The van der Waals surface area contributed by atoms with Crippen LogP contribution in [0.3, 0.4) is 0 Å². The standard InChI is InChI=1S/C12H13IN2S.ClH/c1-2-14-7-12-15-11(8-16-12)9-3-5-10(13)6-4-9;/h3-6,8,14H,2,7H2,1H3;1H. The van der Waals surface area contributed by atoms with Gasteiger partial charge in [0.05, 0.1) is 5.69 Å². The van der Waals surface area contributed by atoms with Crippen LogP contribution in [0, 0.1) is 3.57 Å². The van der Waals surface area contributed by atoms with Crippen molar-refractivity contribution >= 4 is 46.3 Å². The number of hydrogen-bond acceptors (Lipinski definition) is 3. The largest absolute Gasteiger partial charge is 0.311 e. The molecule has 5 heteroatoms. The van der Waals surface area contributed by atoms with Crippen LogP contribution in [0.15, 0.2) is 29.6 Å². The van der Waals surface area contributed by atoms with Gasteiger partial charge in [0.25, 0.3) is 0 Å². The molecule has 0 saturated carbocycles. The first-order chi connectivity index (χ1) is 7.79. The third-order valence-corrected chi connectivity index (χ3v) is 3.79. The van der Waals surface area contributed by atoms with E-state index in [0.29, 0.717) is 0 Å². The van der Waals surface area contributed by atoms with Crippen LogP contribution in [0.25, 0.3) is 11.3 Å². The van der Waals surface area contributed by atoms with Crippen LogP contribution in [-0.2, 0) is 6.54 Å². The van der Waals surface area contributed by atoms with Gasteiger partial charge in [-0.15, -0.1) is 23.7 Å². The first kappa shape index (κ1) is 14.9. The summed E-state index contributed by atoms with van der Waals surface area (Å²) in [6.07, 6.45) is 0. The van der Waals surface area contributed by atoms with E-state index in [1.54, 1.807) is 11.3 Å². The van der Waals surface area contributed by atoms with Gasteiger partial charge in [-0.05, 0) is 41.3 Å². The third-order valence-electron chi connectivity index (χ3n) is 2.22. The lowest BCUT2D eigenvalue weighted by Gasteiger charge is -1.97. The molecule has 0 fully saturated rings. The van der Waals surface area contributed by atoms with Crippen molar-refractivity contribution in [3.8, 4) is 11.3 Å². The van der Waals surface area contributed by atoms with E-state index in [9.17, 15) is 0 Å². The molecule has 0 unspecified atom stereocenters. The number of halogens is 2. The van der Waals surface area contributed by atoms with Crippen LogP contribution in [0.1, 0.15) is 11.9 Å². The highest BCUT2D eigenvalue weighted by Gasteiger charge is 2.03. The van der Waals surface area contributed by atoms with Crippen molar-refractivity contribution in [3.05, 3.63) is 38.2 Å². The summed E-state index contributed by atoms with van der Waals surface area (Å²) in [6, 6.07) is 8.46. The Morgan fingerprint density at radius 2 is 2.00 bits per heavy atom. The summed E-state index contributed by atoms with van der Waals surface area (Å²) < 4.78 is 1.25. The molecular weight excluding hydrogens is 367 g/mol. The van der Waals surface area contributed by atoms with Gasteiger partial charge >= 0.3 is 0 Å². The summed E-state index contributed by atoms with van der Waals surface area (Å²) >= 11 is 4.02. The average Bonchev–Trinajstić information content (AvgIpc) is 2.76. The first-order valence-electron chi connectivity index (χ1n) is 5.20. The molecule has 0 radical (unpaired) electrons. The van der Waals surface area contributed by atoms with Crippen LogP contribution in [0.2, 0.25) is 0 Å². The van der Waals surface area contributed by atoms with Gasteiger partial charge in [-0.2, -0.15) is 0 Å². The molecule has 0 bridgehead atoms. The van der Waals surface area contributed by atoms with E-state index in [4.69, 9.17) is 0 Å². The molecule has 2 rings (SSSR count). The monoisotopic (exact) mass is 380 g/mol. The fourth-order valence-corrected chi connectivity index (χ4v) is 2.51. The van der Waals surface area contributed by atoms with Crippen LogP contribution in [-0.4, -0.2) is 11.5 Å². The zero-order valence-corrected chi connectivity index (χ0v) is 13.2. The number of thiazole rings is 1. The van der Waals surface area contributed by atoms with E-state index >= 15 is 0 Å². The van der Waals surface area contributed by atoms with Gasteiger partial charge in [0, 0.05) is 21.1 Å². The summed E-state index contributed by atoms with van der Waals surface area (Å²) in [7, 11) is 0. The minimum absolute atomic E-state index is 0. The average molecular weight is 381 g/mol. The molecule has 2 aromatic rings. The molecule has 17 heavy (non-hydrogen) atoms. The number of hydrogen-bond donors (Lipinski definition) is 1. The minimum Gasteiger partial charge on any atom is -0.311 e. The highest BCUT2D eigenvalue weighted by molar-refractivity contribution is 14.1. The van der Waals surface area contributed by atoms with Gasteiger partial charge in [-0.3, -0.25) is 0 Å². The molecule has 2 nitrogen and oxygen atoms in total. The normalized spacial score (nSPS) is 10.0. The Morgan fingerprint density at radius 1 is 1.29 bits per heavy atom. The van der Waals surface area contributed by atoms with Crippen LogP contribution in [0.5, 0.6) is 0 Å². The van der Waals surface area contributed by atoms with Crippen molar-refractivity contribution in [1.82, 2.24) is 10.3 Å². The second kappa shape index (κ2) is 7.31. The predicted octanol–water partition coefficient (Wildman–Crippen LogP) is 3.95. The second-order valence-corrected chi connectivity index (χ2v) is 5.60. The molecule has 0 spiro atoms. The topological polar surface area (TPSA) is 24.9 Å². The van der Waals surface area contributed by atoms with Crippen molar-refractivity contribution in [1.29, 1.82) is 0 Å². The Hall–Kier alpha value is -0.170.